The van der Waals surface area contributed by atoms with Gasteiger partial charge in [-0.1, -0.05) is 0 Å². The average molecular weight is 323 g/mol. The van der Waals surface area contributed by atoms with Gasteiger partial charge in [0.15, 0.2) is 0 Å². The monoisotopic (exact) mass is 321 g/mol. The van der Waals surface area contributed by atoms with Gasteiger partial charge in [-0.25, -0.2) is 0 Å². The summed E-state index contributed by atoms with van der Waals surface area (Å²) in [7, 11) is 0. The Balaban J connectivity index is 0. The topological polar surface area (TPSA) is 9.23 Å². The predicted molar refractivity (Wildman–Crippen MR) is 32.1 cm³/mol. The Bertz CT molecular complexity index is 280. The molecular weight excluding hydrogens is 319 g/mol. The van der Waals surface area contributed by atoms with Crippen molar-refractivity contribution in [3.05, 3.63) is 29.8 Å². The van der Waals surface area contributed by atoms with Crippen molar-refractivity contribution < 1.29 is 66.0 Å². The summed E-state index contributed by atoms with van der Waals surface area (Å²) < 4.78 is 40.9. The van der Waals surface area contributed by atoms with E-state index in [4.69, 9.17) is 2.81 Å². The fourth-order valence-electron chi connectivity index (χ4n) is 0.736. The first-order valence-electron chi connectivity index (χ1n) is 3.05. The molecular formula is C7H4Cl2F3OZr. The third-order valence-corrected chi connectivity index (χ3v) is 1.86. The molecule has 0 aliphatic rings. The molecule has 1 nitrogen and oxygen atoms in total. The van der Waals surface area contributed by atoms with E-state index in [0.717, 1.165) is 37.3 Å². The second kappa shape index (κ2) is 6.70. The Kier molecular flexibility index (Phi) is 7.99. The van der Waals surface area contributed by atoms with E-state index in [1.807, 2.05) is 0 Å². The normalized spacial score (nSPS) is 9.79. The minimum atomic E-state index is -4.29. The molecule has 0 saturated carbocycles. The average Bonchev–Trinajstić information content (AvgIpc) is 2.03. The van der Waals surface area contributed by atoms with Crippen LogP contribution >= 0.6 is 0 Å². The van der Waals surface area contributed by atoms with Gasteiger partial charge in [0.2, 0.25) is 0 Å². The zero-order chi connectivity index (χ0) is 9.19. The number of halogens is 5. The SMILES string of the molecule is FC(F)(F)c1cccc([O][Zr+2])c1.[Cl-].[Cl-]. The van der Waals surface area contributed by atoms with Crippen LogP contribution in [0.4, 0.5) is 13.2 Å². The van der Waals surface area contributed by atoms with E-state index in [1.54, 1.807) is 0 Å². The third kappa shape index (κ3) is 4.67. The van der Waals surface area contributed by atoms with Crippen molar-refractivity contribution in [3.63, 3.8) is 0 Å². The molecule has 7 heteroatoms. The molecule has 0 radical (unpaired) electrons. The van der Waals surface area contributed by atoms with Gasteiger partial charge in [0, 0.05) is 0 Å². The molecule has 0 amide bonds. The summed E-state index contributed by atoms with van der Waals surface area (Å²) in [5.74, 6) is 0.253. The molecule has 0 unspecified atom stereocenters. The van der Waals surface area contributed by atoms with E-state index >= 15 is 0 Å². The van der Waals surface area contributed by atoms with Crippen molar-refractivity contribution in [3.8, 4) is 5.75 Å². The molecule has 0 atom stereocenters. The predicted octanol–water partition coefficient (Wildman–Crippen LogP) is -3.45. The second-order valence-corrected chi connectivity index (χ2v) is 2.63. The number of benzene rings is 1. The van der Waals surface area contributed by atoms with Crippen LogP contribution in [0.1, 0.15) is 5.56 Å². The first kappa shape index (κ1) is 16.7. The molecule has 0 aliphatic carbocycles. The largest absolute Gasteiger partial charge is 1.00 e. The van der Waals surface area contributed by atoms with Gasteiger partial charge in [0.1, 0.15) is 0 Å². The summed E-state index contributed by atoms with van der Waals surface area (Å²) in [5, 5.41) is 0. The van der Waals surface area contributed by atoms with Crippen LogP contribution in [0.25, 0.3) is 0 Å². The van der Waals surface area contributed by atoms with Gasteiger partial charge in [0.05, 0.1) is 0 Å². The maximum atomic E-state index is 12.1. The zero-order valence-corrected chi connectivity index (χ0v) is 10.6. The summed E-state index contributed by atoms with van der Waals surface area (Å²) in [5.41, 5.74) is -0.678. The standard InChI is InChI=1S/C7H5F3O.2ClH.Zr/c8-7(9,10)5-2-1-3-6(11)4-5;;;/h1-4,11H;2*1H;/q;;;+3/p-3. The minimum absolute atomic E-state index is 0. The van der Waals surface area contributed by atoms with E-state index in [1.165, 1.54) is 12.1 Å². The molecule has 1 rings (SSSR count). The van der Waals surface area contributed by atoms with Gasteiger partial charge in [-0.05, 0) is 0 Å². The summed E-state index contributed by atoms with van der Waals surface area (Å²) in [6, 6.07) is 4.80. The van der Waals surface area contributed by atoms with E-state index < -0.39 is 11.7 Å². The number of alkyl halides is 3. The van der Waals surface area contributed by atoms with Crippen molar-refractivity contribution in [2.75, 3.05) is 0 Å². The molecule has 77 valence electrons. The number of hydrogen-bond donors (Lipinski definition) is 0. The van der Waals surface area contributed by atoms with Gasteiger partial charge >= 0.3 is 82.9 Å². The van der Waals surface area contributed by atoms with Crippen LogP contribution in [-0.4, -0.2) is 0 Å². The van der Waals surface area contributed by atoms with Crippen LogP contribution in [0.15, 0.2) is 24.3 Å². The maximum Gasteiger partial charge on any atom is -1.00 e. The molecule has 0 fully saturated rings. The Morgan fingerprint density at radius 2 is 1.71 bits per heavy atom. The molecule has 0 aliphatic heterocycles. The Morgan fingerprint density at radius 1 is 1.14 bits per heavy atom. The number of rotatable bonds is 1. The molecule has 14 heavy (non-hydrogen) atoms. The summed E-state index contributed by atoms with van der Waals surface area (Å²) in [6.45, 7) is 0. The van der Waals surface area contributed by atoms with Crippen LogP contribution < -0.4 is 27.6 Å². The fourth-order valence-corrected chi connectivity index (χ4v) is 1.05. The van der Waals surface area contributed by atoms with Crippen LogP contribution in [0.5, 0.6) is 5.75 Å². The summed E-state index contributed by atoms with van der Waals surface area (Å²) in [6.07, 6.45) is -4.29. The first-order chi connectivity index (χ1) is 5.54. The molecule has 0 bridgehead atoms. The summed E-state index contributed by atoms with van der Waals surface area (Å²) >= 11 is 0.723. The fraction of sp³-hybridized carbons (Fsp3) is 0.143. The van der Waals surface area contributed by atoms with Gasteiger partial charge in [0.25, 0.3) is 0 Å². The van der Waals surface area contributed by atoms with Gasteiger partial charge in [-0.2, -0.15) is 0 Å². The van der Waals surface area contributed by atoms with Gasteiger partial charge in [-0.3, -0.25) is 0 Å². The van der Waals surface area contributed by atoms with E-state index in [-0.39, 0.29) is 30.6 Å². The number of hydrogen-bond acceptors (Lipinski definition) is 1. The van der Waals surface area contributed by atoms with E-state index in [2.05, 4.69) is 0 Å². The maximum absolute atomic E-state index is 12.1. The van der Waals surface area contributed by atoms with Crippen molar-refractivity contribution >= 4 is 0 Å². The molecule has 0 N–H and O–H groups in total. The molecule has 1 aromatic carbocycles. The third-order valence-electron chi connectivity index (χ3n) is 1.28. The smallest absolute Gasteiger partial charge is 1.00 e. The van der Waals surface area contributed by atoms with Crippen LogP contribution in [0, 0.1) is 0 Å². The zero-order valence-electron chi connectivity index (χ0n) is 6.61. The van der Waals surface area contributed by atoms with E-state index in [9.17, 15) is 13.2 Å². The van der Waals surface area contributed by atoms with Crippen molar-refractivity contribution in [1.29, 1.82) is 0 Å². The van der Waals surface area contributed by atoms with Crippen molar-refractivity contribution in [2.24, 2.45) is 0 Å². The quantitative estimate of drug-likeness (QED) is 0.523. The molecule has 1 aromatic rings. The second-order valence-electron chi connectivity index (χ2n) is 2.13. The Morgan fingerprint density at radius 3 is 2.14 bits per heavy atom. The minimum Gasteiger partial charge on any atom is -1.00 e. The molecule has 0 spiro atoms. The van der Waals surface area contributed by atoms with Crippen molar-refractivity contribution in [1.82, 2.24) is 0 Å². The molecule has 0 aromatic heterocycles. The Labute approximate surface area is 107 Å². The molecule has 0 heterocycles. The Hall–Kier alpha value is 0.273. The first-order valence-corrected chi connectivity index (χ1v) is 4.05. The van der Waals surface area contributed by atoms with Gasteiger partial charge < -0.3 is 24.8 Å². The van der Waals surface area contributed by atoms with Crippen molar-refractivity contribution in [2.45, 2.75) is 6.18 Å². The summed E-state index contributed by atoms with van der Waals surface area (Å²) in [4.78, 5) is 0. The van der Waals surface area contributed by atoms with Crippen LogP contribution in [-0.2, 0) is 31.3 Å². The van der Waals surface area contributed by atoms with E-state index in [0.29, 0.717) is 0 Å². The van der Waals surface area contributed by atoms with Gasteiger partial charge in [-0.15, -0.1) is 0 Å². The molecule has 0 saturated heterocycles. The van der Waals surface area contributed by atoms with Crippen LogP contribution in [0.2, 0.25) is 0 Å². The van der Waals surface area contributed by atoms with Crippen LogP contribution in [0.3, 0.4) is 0 Å².